The van der Waals surface area contributed by atoms with E-state index in [0.717, 1.165) is 44.5 Å². The molecule has 0 atom stereocenters. The van der Waals surface area contributed by atoms with Crippen molar-refractivity contribution in [2.24, 2.45) is 0 Å². The number of nitrogens with one attached hydrogen (secondary N) is 2. The molecule has 3 heterocycles. The van der Waals surface area contributed by atoms with Crippen LogP contribution in [0.3, 0.4) is 0 Å². The summed E-state index contributed by atoms with van der Waals surface area (Å²) in [5.41, 5.74) is 2.65. The number of fused-ring (bicyclic) bond motifs is 3. The molecule has 7 heteroatoms. The van der Waals surface area contributed by atoms with Gasteiger partial charge in [-0.05, 0) is 43.3 Å². The summed E-state index contributed by atoms with van der Waals surface area (Å²) in [6, 6.07) is 15.8. The summed E-state index contributed by atoms with van der Waals surface area (Å²) in [7, 11) is 0. The van der Waals surface area contributed by atoms with Crippen LogP contribution in [0, 0.1) is 0 Å². The number of hydrogen-bond donors (Lipinski definition) is 2. The van der Waals surface area contributed by atoms with E-state index in [1.807, 2.05) is 61.7 Å². The Hall–Kier alpha value is -4.00. The molecule has 0 aliphatic carbocycles. The lowest BCUT2D eigenvalue weighted by molar-refractivity contribution is 0.340. The first-order valence-corrected chi connectivity index (χ1v) is 9.35. The highest BCUT2D eigenvalue weighted by Crippen LogP contribution is 2.34. The number of para-hydroxylation sites is 1. The third kappa shape index (κ3) is 3.12. The topological polar surface area (TPSA) is 88.6 Å². The Kier molecular flexibility index (Phi) is 4.25. The Labute approximate surface area is 166 Å². The van der Waals surface area contributed by atoms with Crippen molar-refractivity contribution >= 4 is 33.2 Å². The number of benzene rings is 2. The van der Waals surface area contributed by atoms with Crippen LogP contribution in [0.1, 0.15) is 6.92 Å². The summed E-state index contributed by atoms with van der Waals surface area (Å²) in [6.45, 7) is 2.61. The first-order chi connectivity index (χ1) is 14.3. The third-order valence-corrected chi connectivity index (χ3v) is 4.72. The molecule has 7 nitrogen and oxygen atoms in total. The maximum Gasteiger partial charge on any atom is 0.157 e. The minimum absolute atomic E-state index is 0.640. The number of H-pyrrole nitrogens is 1. The number of anilines is 2. The number of ether oxygens (including phenoxy) is 1. The highest BCUT2D eigenvalue weighted by molar-refractivity contribution is 6.13. The van der Waals surface area contributed by atoms with Gasteiger partial charge in [-0.15, -0.1) is 0 Å². The van der Waals surface area contributed by atoms with Gasteiger partial charge in [0.1, 0.15) is 17.9 Å². The molecule has 0 amide bonds. The van der Waals surface area contributed by atoms with Crippen LogP contribution in [0.4, 0.5) is 11.5 Å². The van der Waals surface area contributed by atoms with Gasteiger partial charge >= 0.3 is 0 Å². The molecule has 2 N–H and O–H groups in total. The van der Waals surface area contributed by atoms with Gasteiger partial charge in [0.25, 0.3) is 0 Å². The van der Waals surface area contributed by atoms with Gasteiger partial charge in [0.05, 0.1) is 12.1 Å². The second kappa shape index (κ2) is 7.20. The van der Waals surface area contributed by atoms with Crippen molar-refractivity contribution in [3.8, 4) is 17.1 Å². The van der Waals surface area contributed by atoms with Crippen LogP contribution in [0.2, 0.25) is 0 Å². The molecule has 0 saturated carbocycles. The fourth-order valence-electron chi connectivity index (χ4n) is 3.43. The Morgan fingerprint density at radius 3 is 2.69 bits per heavy atom. The molecule has 2 aromatic carbocycles. The van der Waals surface area contributed by atoms with Crippen LogP contribution >= 0.6 is 0 Å². The van der Waals surface area contributed by atoms with E-state index in [9.17, 15) is 0 Å². The number of aromatic amines is 1. The maximum atomic E-state index is 5.53. The zero-order valence-corrected chi connectivity index (χ0v) is 15.8. The summed E-state index contributed by atoms with van der Waals surface area (Å²) in [4.78, 5) is 13.6. The van der Waals surface area contributed by atoms with Crippen molar-refractivity contribution in [3.63, 3.8) is 0 Å². The van der Waals surface area contributed by atoms with E-state index in [1.165, 1.54) is 6.33 Å². The van der Waals surface area contributed by atoms with Crippen LogP contribution in [0.25, 0.3) is 33.1 Å². The smallest absolute Gasteiger partial charge is 0.157 e. The monoisotopic (exact) mass is 382 g/mol. The second-order valence-electron chi connectivity index (χ2n) is 6.50. The molecule has 5 rings (SSSR count). The average Bonchev–Trinajstić information content (AvgIpc) is 3.30. The molecule has 0 bridgehead atoms. The summed E-state index contributed by atoms with van der Waals surface area (Å²) in [6.07, 6.45) is 5.14. The van der Waals surface area contributed by atoms with Crippen LogP contribution in [-0.2, 0) is 0 Å². The highest BCUT2D eigenvalue weighted by Gasteiger charge is 2.14. The van der Waals surface area contributed by atoms with Crippen LogP contribution in [-0.4, -0.2) is 31.8 Å². The predicted molar refractivity (Wildman–Crippen MR) is 113 cm³/mol. The fourth-order valence-corrected chi connectivity index (χ4v) is 3.43. The molecule has 142 valence electrons. The van der Waals surface area contributed by atoms with Gasteiger partial charge in [-0.1, -0.05) is 12.1 Å². The Morgan fingerprint density at radius 1 is 1.00 bits per heavy atom. The van der Waals surface area contributed by atoms with Gasteiger partial charge in [-0.25, -0.2) is 9.97 Å². The van der Waals surface area contributed by atoms with Crippen molar-refractivity contribution in [1.82, 2.24) is 25.1 Å². The molecular weight excluding hydrogens is 364 g/mol. The normalized spacial score (nSPS) is 11.1. The van der Waals surface area contributed by atoms with E-state index in [2.05, 4.69) is 25.5 Å². The molecule has 0 saturated heterocycles. The number of hydrogen-bond acceptors (Lipinski definition) is 6. The lowest BCUT2D eigenvalue weighted by atomic mass is 10.0. The number of nitrogens with zero attached hydrogens (tertiary/aromatic N) is 4. The largest absolute Gasteiger partial charge is 0.494 e. The van der Waals surface area contributed by atoms with E-state index in [4.69, 9.17) is 9.72 Å². The zero-order chi connectivity index (χ0) is 19.6. The summed E-state index contributed by atoms with van der Waals surface area (Å²) < 4.78 is 5.53. The average molecular weight is 382 g/mol. The van der Waals surface area contributed by atoms with Crippen LogP contribution < -0.4 is 10.1 Å². The number of aromatic nitrogens is 5. The Morgan fingerprint density at radius 2 is 1.90 bits per heavy atom. The van der Waals surface area contributed by atoms with Crippen molar-refractivity contribution in [2.75, 3.05) is 11.9 Å². The molecule has 29 heavy (non-hydrogen) atoms. The first-order valence-electron chi connectivity index (χ1n) is 9.35. The van der Waals surface area contributed by atoms with Crippen molar-refractivity contribution in [1.29, 1.82) is 0 Å². The first kappa shape index (κ1) is 17.1. The number of pyridine rings is 2. The molecule has 0 radical (unpaired) electrons. The van der Waals surface area contributed by atoms with Gasteiger partial charge in [0.15, 0.2) is 5.82 Å². The van der Waals surface area contributed by atoms with E-state index in [1.54, 1.807) is 6.20 Å². The molecule has 0 unspecified atom stereocenters. The van der Waals surface area contributed by atoms with E-state index >= 15 is 0 Å². The van der Waals surface area contributed by atoms with Crippen molar-refractivity contribution in [2.45, 2.75) is 6.92 Å². The number of rotatable bonds is 5. The third-order valence-electron chi connectivity index (χ3n) is 4.72. The Bertz CT molecular complexity index is 1280. The fraction of sp³-hybridized carbons (Fsp3) is 0.0909. The highest BCUT2D eigenvalue weighted by atomic mass is 16.5. The minimum Gasteiger partial charge on any atom is -0.494 e. The molecule has 0 aliphatic heterocycles. The molecule has 0 aliphatic rings. The predicted octanol–water partition coefficient (Wildman–Crippen LogP) is 4.71. The van der Waals surface area contributed by atoms with Crippen molar-refractivity contribution in [3.05, 3.63) is 67.3 Å². The molecule has 3 aromatic heterocycles. The Balaban J connectivity index is 1.68. The second-order valence-corrected chi connectivity index (χ2v) is 6.50. The minimum atomic E-state index is 0.640. The summed E-state index contributed by atoms with van der Waals surface area (Å²) in [5, 5.41) is 13.4. The molecule has 0 fully saturated rings. The van der Waals surface area contributed by atoms with Gasteiger partial charge < -0.3 is 10.1 Å². The van der Waals surface area contributed by atoms with Gasteiger partial charge in [0.2, 0.25) is 0 Å². The van der Waals surface area contributed by atoms with Gasteiger partial charge in [0, 0.05) is 39.8 Å². The van der Waals surface area contributed by atoms with E-state index in [-0.39, 0.29) is 0 Å². The standard InChI is InChI=1S/C22H18N6O/c1-2-29-15-8-6-14(7-9-15)26-22-17-10-11-23-12-19(17)16-4-3-5-18(20(16)27-22)21-24-13-25-28-21/h3-13H,2H2,1H3,(H,26,27)(H,24,25,28). The lowest BCUT2D eigenvalue weighted by Crippen LogP contribution is -1.98. The maximum absolute atomic E-state index is 5.53. The lowest BCUT2D eigenvalue weighted by Gasteiger charge is -2.13. The van der Waals surface area contributed by atoms with Crippen LogP contribution in [0.15, 0.2) is 67.3 Å². The van der Waals surface area contributed by atoms with Crippen LogP contribution in [0.5, 0.6) is 5.75 Å². The van der Waals surface area contributed by atoms with Gasteiger partial charge in [-0.2, -0.15) is 5.10 Å². The van der Waals surface area contributed by atoms with E-state index < -0.39 is 0 Å². The zero-order valence-electron chi connectivity index (χ0n) is 15.8. The molecule has 0 spiro atoms. The van der Waals surface area contributed by atoms with E-state index in [0.29, 0.717) is 12.4 Å². The molecular formula is C22H18N6O. The molecule has 5 aromatic rings. The van der Waals surface area contributed by atoms with Crippen molar-refractivity contribution < 1.29 is 4.74 Å². The van der Waals surface area contributed by atoms with Gasteiger partial charge in [-0.3, -0.25) is 10.1 Å². The summed E-state index contributed by atoms with van der Waals surface area (Å²) in [5.74, 6) is 2.27. The quantitative estimate of drug-likeness (QED) is 0.428. The SMILES string of the molecule is CCOc1ccc(Nc2nc3c(-c4ncn[nH]4)cccc3c3cnccc23)cc1. The summed E-state index contributed by atoms with van der Waals surface area (Å²) >= 11 is 0.